The van der Waals surface area contributed by atoms with Gasteiger partial charge in [-0.2, -0.15) is 0 Å². The van der Waals surface area contributed by atoms with Crippen LogP contribution >= 0.6 is 0 Å². The molecule has 5 saturated carbocycles. The minimum absolute atomic E-state index is 0.807. The summed E-state index contributed by atoms with van der Waals surface area (Å²) in [6, 6.07) is 0. The number of fused-ring (bicyclic) bond motifs is 3. The zero-order chi connectivity index (χ0) is 16.6. The van der Waals surface area contributed by atoms with Gasteiger partial charge in [-0.1, -0.05) is 52.4 Å². The third kappa shape index (κ3) is 2.99. The Labute approximate surface area is 151 Å². The molecule has 0 nitrogen and oxygen atoms in total. The van der Waals surface area contributed by atoms with E-state index in [1.165, 1.54) is 12.8 Å². The Hall–Kier alpha value is 0. The Morgan fingerprint density at radius 1 is 0.500 bits per heavy atom. The zero-order valence-corrected chi connectivity index (χ0v) is 16.6. The van der Waals surface area contributed by atoms with Crippen LogP contribution in [0, 0.1) is 34.5 Å². The average Bonchev–Trinajstić information content (AvgIpc) is 2.69. The van der Waals surface area contributed by atoms with E-state index in [9.17, 15) is 0 Å². The van der Waals surface area contributed by atoms with E-state index < -0.39 is 0 Å². The Morgan fingerprint density at radius 3 is 1.04 bits per heavy atom. The Kier molecular flexibility index (Phi) is 5.05. The molecule has 5 fully saturated rings. The molecule has 0 N–H and O–H groups in total. The molecular weight excluding hydrogens is 288 g/mol. The first kappa shape index (κ1) is 17.4. The summed E-state index contributed by atoms with van der Waals surface area (Å²) >= 11 is 0. The van der Waals surface area contributed by atoms with E-state index in [0.717, 1.165) is 34.5 Å². The van der Waals surface area contributed by atoms with Crippen LogP contribution in [-0.2, 0) is 0 Å². The maximum Gasteiger partial charge on any atom is -0.0269 e. The van der Waals surface area contributed by atoms with Gasteiger partial charge < -0.3 is 0 Å². The van der Waals surface area contributed by atoms with Crippen molar-refractivity contribution < 1.29 is 0 Å². The minimum Gasteiger partial charge on any atom is -0.0651 e. The van der Waals surface area contributed by atoms with Gasteiger partial charge in [-0.25, -0.2) is 0 Å². The van der Waals surface area contributed by atoms with E-state index in [-0.39, 0.29) is 0 Å². The van der Waals surface area contributed by atoms with Crippen molar-refractivity contribution in [2.24, 2.45) is 34.5 Å². The molecule has 138 valence electrons. The van der Waals surface area contributed by atoms with E-state index in [0.29, 0.717) is 0 Å². The van der Waals surface area contributed by atoms with Crippen molar-refractivity contribution in [1.82, 2.24) is 0 Å². The summed E-state index contributed by atoms with van der Waals surface area (Å²) in [6.45, 7) is 4.82. The molecule has 0 atom stereocenters. The molecule has 0 aromatic carbocycles. The third-order valence-corrected chi connectivity index (χ3v) is 9.94. The Balaban J connectivity index is 1.36. The summed E-state index contributed by atoms with van der Waals surface area (Å²) < 4.78 is 0. The molecule has 0 aliphatic heterocycles. The van der Waals surface area contributed by atoms with Crippen molar-refractivity contribution >= 4 is 0 Å². The molecule has 0 spiro atoms. The highest BCUT2D eigenvalue weighted by Crippen LogP contribution is 2.65. The maximum atomic E-state index is 2.41. The van der Waals surface area contributed by atoms with E-state index in [1.807, 2.05) is 0 Å². The summed E-state index contributed by atoms with van der Waals surface area (Å²) in [6.07, 6.45) is 25.1. The van der Waals surface area contributed by atoms with E-state index in [1.54, 1.807) is 89.9 Å². The SMILES string of the molecule is CC[C@H]1CC[C@H](C23CCC([C@H]4CC[C@H](CC)CC4)(CC2)CC3)CC1. The molecule has 0 unspecified atom stereocenters. The highest BCUT2D eigenvalue weighted by atomic mass is 14.6. The molecule has 0 saturated heterocycles. The van der Waals surface area contributed by atoms with Crippen molar-refractivity contribution in [3.63, 3.8) is 0 Å². The predicted molar refractivity (Wildman–Crippen MR) is 104 cm³/mol. The zero-order valence-electron chi connectivity index (χ0n) is 16.6. The maximum absolute atomic E-state index is 2.41. The van der Waals surface area contributed by atoms with Gasteiger partial charge in [0.25, 0.3) is 0 Å². The van der Waals surface area contributed by atoms with E-state index >= 15 is 0 Å². The number of hydrogen-bond acceptors (Lipinski definition) is 0. The largest absolute Gasteiger partial charge is 0.0651 e. The van der Waals surface area contributed by atoms with Gasteiger partial charge >= 0.3 is 0 Å². The highest BCUT2D eigenvalue weighted by Gasteiger charge is 2.54. The fraction of sp³-hybridized carbons (Fsp3) is 1.00. The number of hydrogen-bond donors (Lipinski definition) is 0. The summed E-state index contributed by atoms with van der Waals surface area (Å²) in [5, 5.41) is 0. The molecule has 0 aromatic rings. The van der Waals surface area contributed by atoms with E-state index in [2.05, 4.69) is 13.8 Å². The topological polar surface area (TPSA) is 0 Å². The fourth-order valence-electron chi connectivity index (χ4n) is 7.83. The molecule has 0 radical (unpaired) electrons. The Morgan fingerprint density at radius 2 is 0.792 bits per heavy atom. The lowest BCUT2D eigenvalue weighted by molar-refractivity contribution is -0.0957. The van der Waals surface area contributed by atoms with Crippen LogP contribution in [-0.4, -0.2) is 0 Å². The summed E-state index contributed by atoms with van der Waals surface area (Å²) in [5.41, 5.74) is 1.61. The average molecular weight is 331 g/mol. The Bertz CT molecular complexity index is 341. The molecule has 0 aromatic heterocycles. The molecular formula is C24H42. The van der Waals surface area contributed by atoms with Crippen LogP contribution in [0.1, 0.15) is 117 Å². The molecule has 5 rings (SSSR count). The molecule has 0 heterocycles. The summed E-state index contributed by atoms with van der Waals surface area (Å²) in [4.78, 5) is 0. The second-order valence-electron chi connectivity index (χ2n) is 10.5. The van der Waals surface area contributed by atoms with Crippen molar-refractivity contribution in [2.75, 3.05) is 0 Å². The van der Waals surface area contributed by atoms with Gasteiger partial charge in [-0.3, -0.25) is 0 Å². The second-order valence-corrected chi connectivity index (χ2v) is 10.5. The highest BCUT2D eigenvalue weighted by molar-refractivity contribution is 5.05. The van der Waals surface area contributed by atoms with Gasteiger partial charge in [0, 0.05) is 0 Å². The van der Waals surface area contributed by atoms with Crippen molar-refractivity contribution in [2.45, 2.75) is 117 Å². The molecule has 5 aliphatic carbocycles. The lowest BCUT2D eigenvalue weighted by Gasteiger charge is -2.60. The van der Waals surface area contributed by atoms with Crippen molar-refractivity contribution in [3.05, 3.63) is 0 Å². The van der Waals surface area contributed by atoms with Crippen LogP contribution < -0.4 is 0 Å². The lowest BCUT2D eigenvalue weighted by Crippen LogP contribution is -2.49. The quantitative estimate of drug-likeness (QED) is 0.494. The molecule has 0 heteroatoms. The summed E-state index contributed by atoms with van der Waals surface area (Å²) in [7, 11) is 0. The van der Waals surface area contributed by atoms with Crippen LogP contribution in [0.15, 0.2) is 0 Å². The molecule has 0 amide bonds. The standard InChI is InChI=1S/C24H42/c1-3-19-5-9-21(10-6-19)23-13-16-24(17-14-23,18-15-23)22-11-7-20(4-2)8-12-22/h19-22H,3-18H2,1-2H3/t19-,20-,21-,22-,23?,24?. The minimum atomic E-state index is 0.807. The normalized spacial score (nSPS) is 49.2. The number of rotatable bonds is 4. The first-order chi connectivity index (χ1) is 11.7. The van der Waals surface area contributed by atoms with Gasteiger partial charge in [-0.05, 0) is 98.7 Å². The third-order valence-electron chi connectivity index (χ3n) is 9.94. The first-order valence-electron chi connectivity index (χ1n) is 11.7. The van der Waals surface area contributed by atoms with Gasteiger partial charge in [0.05, 0.1) is 0 Å². The lowest BCUT2D eigenvalue weighted by atomic mass is 9.45. The van der Waals surface area contributed by atoms with Crippen molar-refractivity contribution in [1.29, 1.82) is 0 Å². The monoisotopic (exact) mass is 330 g/mol. The molecule has 5 aliphatic rings. The first-order valence-corrected chi connectivity index (χ1v) is 11.7. The predicted octanol–water partition coefficient (Wildman–Crippen LogP) is 7.76. The molecule has 24 heavy (non-hydrogen) atoms. The van der Waals surface area contributed by atoms with Crippen LogP contribution in [0.5, 0.6) is 0 Å². The smallest absolute Gasteiger partial charge is 0.0269 e. The van der Waals surface area contributed by atoms with Gasteiger partial charge in [-0.15, -0.1) is 0 Å². The van der Waals surface area contributed by atoms with Crippen LogP contribution in [0.25, 0.3) is 0 Å². The van der Waals surface area contributed by atoms with Crippen LogP contribution in [0.2, 0.25) is 0 Å². The van der Waals surface area contributed by atoms with Gasteiger partial charge in [0.15, 0.2) is 0 Å². The van der Waals surface area contributed by atoms with Gasteiger partial charge in [0.1, 0.15) is 0 Å². The van der Waals surface area contributed by atoms with Crippen molar-refractivity contribution in [3.8, 4) is 0 Å². The summed E-state index contributed by atoms with van der Waals surface area (Å²) in [5.74, 6) is 4.35. The van der Waals surface area contributed by atoms with E-state index in [4.69, 9.17) is 0 Å². The van der Waals surface area contributed by atoms with Crippen LogP contribution in [0.3, 0.4) is 0 Å². The second kappa shape index (κ2) is 6.96. The van der Waals surface area contributed by atoms with Crippen LogP contribution in [0.4, 0.5) is 0 Å². The van der Waals surface area contributed by atoms with Gasteiger partial charge in [0.2, 0.25) is 0 Å². The fourth-order valence-corrected chi connectivity index (χ4v) is 7.83. The molecule has 2 bridgehead atoms.